The van der Waals surface area contributed by atoms with E-state index in [0.717, 1.165) is 22.2 Å². The minimum Gasteiger partial charge on any atom is -0.292 e. The normalized spacial score (nSPS) is 11.2. The first-order valence-electron chi connectivity index (χ1n) is 6.42. The zero-order valence-corrected chi connectivity index (χ0v) is 12.1. The Hall–Kier alpha value is -1.87. The second-order valence-electron chi connectivity index (χ2n) is 4.85. The van der Waals surface area contributed by atoms with Crippen molar-refractivity contribution in [1.29, 1.82) is 0 Å². The zero-order valence-electron chi connectivity index (χ0n) is 11.3. The summed E-state index contributed by atoms with van der Waals surface area (Å²) in [6.45, 7) is 3.88. The molecule has 20 heavy (non-hydrogen) atoms. The molecule has 3 aromatic rings. The molecule has 0 saturated carbocycles. The van der Waals surface area contributed by atoms with Gasteiger partial charge in [-0.15, -0.1) is 11.6 Å². The van der Waals surface area contributed by atoms with Crippen LogP contribution in [0.4, 0.5) is 4.39 Å². The summed E-state index contributed by atoms with van der Waals surface area (Å²) in [5, 5.41) is 0. The third-order valence-corrected chi connectivity index (χ3v) is 3.72. The van der Waals surface area contributed by atoms with Crippen LogP contribution in [0.15, 0.2) is 36.4 Å². The van der Waals surface area contributed by atoms with Gasteiger partial charge in [-0.05, 0) is 37.1 Å². The van der Waals surface area contributed by atoms with E-state index in [1.165, 1.54) is 6.07 Å². The van der Waals surface area contributed by atoms with Crippen molar-refractivity contribution in [1.82, 2.24) is 9.55 Å². The third kappa shape index (κ3) is 1.90. The van der Waals surface area contributed by atoms with E-state index in [0.29, 0.717) is 11.5 Å². The molecule has 0 amide bonds. The first-order chi connectivity index (χ1) is 9.63. The summed E-state index contributed by atoms with van der Waals surface area (Å²) in [4.78, 5) is 4.51. The number of fused-ring (bicyclic) bond motifs is 1. The number of aryl methyl sites for hydroxylation is 2. The van der Waals surface area contributed by atoms with Crippen LogP contribution in [0.25, 0.3) is 16.7 Å². The molecule has 0 N–H and O–H groups in total. The van der Waals surface area contributed by atoms with Crippen molar-refractivity contribution in [2.24, 2.45) is 0 Å². The fourth-order valence-electron chi connectivity index (χ4n) is 2.58. The van der Waals surface area contributed by atoms with Gasteiger partial charge in [-0.1, -0.05) is 24.3 Å². The van der Waals surface area contributed by atoms with Crippen molar-refractivity contribution in [2.75, 3.05) is 0 Å². The number of halogens is 2. The van der Waals surface area contributed by atoms with E-state index in [4.69, 9.17) is 11.6 Å². The van der Waals surface area contributed by atoms with Gasteiger partial charge in [0.25, 0.3) is 0 Å². The molecule has 1 heterocycles. The van der Waals surface area contributed by atoms with Crippen LogP contribution < -0.4 is 0 Å². The third-order valence-electron chi connectivity index (χ3n) is 3.48. The summed E-state index contributed by atoms with van der Waals surface area (Å²) in [6.07, 6.45) is 0. The summed E-state index contributed by atoms with van der Waals surface area (Å²) in [7, 11) is 0. The summed E-state index contributed by atoms with van der Waals surface area (Å²) in [5.41, 5.74) is 4.19. The van der Waals surface area contributed by atoms with Crippen LogP contribution in [0.5, 0.6) is 0 Å². The molecule has 2 nitrogen and oxygen atoms in total. The second-order valence-corrected chi connectivity index (χ2v) is 5.11. The Bertz CT molecular complexity index is 772. The molecule has 0 unspecified atom stereocenters. The maximum atomic E-state index is 14.3. The van der Waals surface area contributed by atoms with E-state index in [-0.39, 0.29) is 11.7 Å². The molecule has 0 atom stereocenters. The number of alkyl halides is 1. The molecule has 0 spiro atoms. The van der Waals surface area contributed by atoms with E-state index in [9.17, 15) is 4.39 Å². The van der Waals surface area contributed by atoms with Gasteiger partial charge < -0.3 is 0 Å². The van der Waals surface area contributed by atoms with Crippen LogP contribution in [0.2, 0.25) is 0 Å². The molecule has 1 aromatic heterocycles. The fraction of sp³-hybridized carbons (Fsp3) is 0.188. The van der Waals surface area contributed by atoms with Gasteiger partial charge in [0.1, 0.15) is 11.6 Å². The van der Waals surface area contributed by atoms with Crippen LogP contribution >= 0.6 is 11.6 Å². The summed E-state index contributed by atoms with van der Waals surface area (Å²) in [6, 6.07) is 10.9. The van der Waals surface area contributed by atoms with Crippen LogP contribution in [0.3, 0.4) is 0 Å². The molecule has 0 fully saturated rings. The van der Waals surface area contributed by atoms with Gasteiger partial charge in [0.05, 0.1) is 22.6 Å². The Labute approximate surface area is 121 Å². The number of nitrogens with zero attached hydrogens (tertiary/aromatic N) is 2. The van der Waals surface area contributed by atoms with Crippen LogP contribution in [-0.4, -0.2) is 9.55 Å². The first kappa shape index (κ1) is 13.1. The van der Waals surface area contributed by atoms with E-state index in [2.05, 4.69) is 4.98 Å². The Balaban J connectivity index is 2.46. The Morgan fingerprint density at radius 2 is 1.80 bits per heavy atom. The smallest absolute Gasteiger partial charge is 0.147 e. The second kappa shape index (κ2) is 4.91. The van der Waals surface area contributed by atoms with Crippen molar-refractivity contribution in [2.45, 2.75) is 19.7 Å². The Morgan fingerprint density at radius 1 is 1.10 bits per heavy atom. The SMILES string of the molecule is Cc1cccc(F)c1-n1c(CCl)nc2cccc(C)c21. The van der Waals surface area contributed by atoms with Crippen molar-refractivity contribution < 1.29 is 4.39 Å². The lowest BCUT2D eigenvalue weighted by atomic mass is 10.1. The summed E-state index contributed by atoms with van der Waals surface area (Å²) in [5.74, 6) is 0.630. The topological polar surface area (TPSA) is 17.8 Å². The van der Waals surface area contributed by atoms with Crippen molar-refractivity contribution in [3.8, 4) is 5.69 Å². The minimum atomic E-state index is -0.265. The van der Waals surface area contributed by atoms with E-state index < -0.39 is 0 Å². The van der Waals surface area contributed by atoms with E-state index >= 15 is 0 Å². The molecule has 0 aliphatic rings. The van der Waals surface area contributed by atoms with Gasteiger partial charge in [0.2, 0.25) is 0 Å². The number of hydrogen-bond donors (Lipinski definition) is 0. The van der Waals surface area contributed by atoms with Crippen LogP contribution in [0, 0.1) is 19.7 Å². The highest BCUT2D eigenvalue weighted by atomic mass is 35.5. The number of benzene rings is 2. The van der Waals surface area contributed by atoms with E-state index in [1.54, 1.807) is 6.07 Å². The van der Waals surface area contributed by atoms with Gasteiger partial charge in [-0.25, -0.2) is 9.37 Å². The summed E-state index contributed by atoms with van der Waals surface area (Å²) >= 11 is 6.00. The molecular formula is C16H14ClFN2. The molecule has 4 heteroatoms. The quantitative estimate of drug-likeness (QED) is 0.634. The van der Waals surface area contributed by atoms with E-state index in [1.807, 2.05) is 42.7 Å². The molecule has 0 aliphatic heterocycles. The van der Waals surface area contributed by atoms with Crippen LogP contribution in [0.1, 0.15) is 17.0 Å². The van der Waals surface area contributed by atoms with Gasteiger partial charge in [0, 0.05) is 0 Å². The van der Waals surface area contributed by atoms with Crippen molar-refractivity contribution in [3.05, 3.63) is 59.2 Å². The highest BCUT2D eigenvalue weighted by Gasteiger charge is 2.17. The predicted molar refractivity (Wildman–Crippen MR) is 80.1 cm³/mol. The molecule has 0 bridgehead atoms. The number of hydrogen-bond acceptors (Lipinski definition) is 1. The maximum Gasteiger partial charge on any atom is 0.147 e. The molecule has 0 radical (unpaired) electrons. The Kier molecular flexibility index (Phi) is 3.22. The van der Waals surface area contributed by atoms with Crippen molar-refractivity contribution >= 4 is 22.6 Å². The predicted octanol–water partition coefficient (Wildman–Crippen LogP) is 4.52. The highest BCUT2D eigenvalue weighted by Crippen LogP contribution is 2.28. The standard InChI is InChI=1S/C16H14ClFN2/c1-10-5-3-7-12(18)15(10)20-14(9-17)19-13-8-4-6-11(2)16(13)20/h3-8H,9H2,1-2H3. The first-order valence-corrected chi connectivity index (χ1v) is 6.95. The maximum absolute atomic E-state index is 14.3. The highest BCUT2D eigenvalue weighted by molar-refractivity contribution is 6.17. The van der Waals surface area contributed by atoms with Gasteiger partial charge in [0.15, 0.2) is 0 Å². The van der Waals surface area contributed by atoms with Crippen LogP contribution in [-0.2, 0) is 5.88 Å². The zero-order chi connectivity index (χ0) is 14.3. The van der Waals surface area contributed by atoms with Crippen molar-refractivity contribution in [3.63, 3.8) is 0 Å². The molecule has 3 rings (SSSR count). The molecular weight excluding hydrogens is 275 g/mol. The lowest BCUT2D eigenvalue weighted by molar-refractivity contribution is 0.616. The lowest BCUT2D eigenvalue weighted by Gasteiger charge is -2.13. The number of imidazole rings is 1. The van der Waals surface area contributed by atoms with Gasteiger partial charge in [-0.2, -0.15) is 0 Å². The molecule has 2 aromatic carbocycles. The molecule has 0 aliphatic carbocycles. The average molecular weight is 289 g/mol. The number of aromatic nitrogens is 2. The minimum absolute atomic E-state index is 0.238. The average Bonchev–Trinajstić information content (AvgIpc) is 2.79. The fourth-order valence-corrected chi connectivity index (χ4v) is 2.76. The summed E-state index contributed by atoms with van der Waals surface area (Å²) < 4.78 is 16.1. The molecule has 0 saturated heterocycles. The van der Waals surface area contributed by atoms with Gasteiger partial charge in [-0.3, -0.25) is 4.57 Å². The Morgan fingerprint density at radius 3 is 2.50 bits per heavy atom. The lowest BCUT2D eigenvalue weighted by Crippen LogP contribution is -2.05. The monoisotopic (exact) mass is 288 g/mol. The van der Waals surface area contributed by atoms with Gasteiger partial charge >= 0.3 is 0 Å². The number of para-hydroxylation sites is 2. The molecule has 102 valence electrons. The largest absolute Gasteiger partial charge is 0.292 e. The number of rotatable bonds is 2.